The van der Waals surface area contributed by atoms with Crippen molar-refractivity contribution in [3.8, 4) is 11.5 Å². The van der Waals surface area contributed by atoms with Gasteiger partial charge in [0.05, 0.1) is 18.2 Å². The second kappa shape index (κ2) is 4.70. The fraction of sp³-hybridized carbons (Fsp3) is 0.400. The van der Waals surface area contributed by atoms with E-state index in [2.05, 4.69) is 0 Å². The molecule has 4 nitrogen and oxygen atoms in total. The van der Waals surface area contributed by atoms with Crippen molar-refractivity contribution in [2.45, 2.75) is 19.1 Å². The molecule has 0 bridgehead atoms. The fourth-order valence-electron chi connectivity index (χ4n) is 1.26. The van der Waals surface area contributed by atoms with Crippen LogP contribution in [0.3, 0.4) is 0 Å². The van der Waals surface area contributed by atoms with Crippen LogP contribution in [-0.4, -0.2) is 23.4 Å². The third-order valence-electron chi connectivity index (χ3n) is 2.14. The maximum Gasteiger partial charge on any atom is 0.138 e. The molecule has 84 valence electrons. The van der Waals surface area contributed by atoms with Gasteiger partial charge in [0.1, 0.15) is 11.5 Å². The monoisotopic (exact) mass is 231 g/mol. The molecule has 2 unspecified atom stereocenters. The molecule has 1 aromatic rings. The minimum Gasteiger partial charge on any atom is -0.508 e. The topological polar surface area (TPSA) is 75.7 Å². The number of halogens is 1. The lowest BCUT2D eigenvalue weighted by molar-refractivity contribution is 0.149. The highest BCUT2D eigenvalue weighted by Crippen LogP contribution is 2.38. The van der Waals surface area contributed by atoms with E-state index in [0.29, 0.717) is 5.75 Å². The highest BCUT2D eigenvalue weighted by Gasteiger charge is 2.22. The zero-order chi connectivity index (χ0) is 11.6. The van der Waals surface area contributed by atoms with E-state index in [1.807, 2.05) is 0 Å². The minimum absolute atomic E-state index is 0.0920. The molecular formula is C10H14ClNO3. The summed E-state index contributed by atoms with van der Waals surface area (Å²) in [6.07, 6.45) is -1.02. The second-order valence-electron chi connectivity index (χ2n) is 3.32. The third-order valence-corrected chi connectivity index (χ3v) is 2.52. The number of methoxy groups -OCH3 is 1. The number of benzene rings is 1. The van der Waals surface area contributed by atoms with Crippen molar-refractivity contribution in [1.82, 2.24) is 0 Å². The lowest BCUT2D eigenvalue weighted by atomic mass is 10.0. The molecule has 1 aromatic carbocycles. The SMILES string of the molecule is COc1ccc(O)c(C(O)C(C)N)c1Cl. The Morgan fingerprint density at radius 2 is 2.07 bits per heavy atom. The summed E-state index contributed by atoms with van der Waals surface area (Å²) >= 11 is 5.95. The number of hydrogen-bond acceptors (Lipinski definition) is 4. The highest BCUT2D eigenvalue weighted by molar-refractivity contribution is 6.33. The van der Waals surface area contributed by atoms with Gasteiger partial charge in [0, 0.05) is 11.6 Å². The number of aromatic hydroxyl groups is 1. The number of phenolic OH excluding ortho intramolecular Hbond substituents is 1. The van der Waals surface area contributed by atoms with Gasteiger partial charge >= 0.3 is 0 Å². The molecule has 15 heavy (non-hydrogen) atoms. The van der Waals surface area contributed by atoms with Crippen molar-refractivity contribution in [3.05, 3.63) is 22.7 Å². The smallest absolute Gasteiger partial charge is 0.138 e. The van der Waals surface area contributed by atoms with Crippen molar-refractivity contribution in [2.75, 3.05) is 7.11 Å². The highest BCUT2D eigenvalue weighted by atomic mass is 35.5. The number of hydrogen-bond donors (Lipinski definition) is 3. The summed E-state index contributed by atoms with van der Waals surface area (Å²) in [5.74, 6) is 0.301. The molecule has 0 saturated heterocycles. The predicted octanol–water partition coefficient (Wildman–Crippen LogP) is 1.43. The summed E-state index contributed by atoms with van der Waals surface area (Å²) in [6, 6.07) is 2.40. The first-order chi connectivity index (χ1) is 6.99. The van der Waals surface area contributed by atoms with Crippen LogP contribution >= 0.6 is 11.6 Å². The van der Waals surface area contributed by atoms with Crippen LogP contribution in [0.15, 0.2) is 12.1 Å². The first-order valence-electron chi connectivity index (χ1n) is 4.48. The van der Waals surface area contributed by atoms with Crippen molar-refractivity contribution in [2.24, 2.45) is 5.73 Å². The van der Waals surface area contributed by atoms with E-state index in [1.54, 1.807) is 6.92 Å². The molecule has 0 radical (unpaired) electrons. The normalized spacial score (nSPS) is 14.7. The van der Waals surface area contributed by atoms with Crippen LogP contribution in [0.5, 0.6) is 11.5 Å². The summed E-state index contributed by atoms with van der Waals surface area (Å²) in [7, 11) is 1.46. The molecule has 4 N–H and O–H groups in total. The third kappa shape index (κ3) is 2.34. The predicted molar refractivity (Wildman–Crippen MR) is 58.3 cm³/mol. The van der Waals surface area contributed by atoms with Gasteiger partial charge < -0.3 is 20.7 Å². The minimum atomic E-state index is -1.02. The van der Waals surface area contributed by atoms with Gasteiger partial charge in [-0.1, -0.05) is 11.6 Å². The van der Waals surface area contributed by atoms with Crippen molar-refractivity contribution in [3.63, 3.8) is 0 Å². The van der Waals surface area contributed by atoms with Crippen LogP contribution in [0.2, 0.25) is 5.02 Å². The number of nitrogens with two attached hydrogens (primary N) is 1. The number of aliphatic hydroxyl groups excluding tert-OH is 1. The Labute approximate surface area is 93.2 Å². The van der Waals surface area contributed by atoms with Crippen LogP contribution in [0, 0.1) is 0 Å². The summed E-state index contributed by atoms with van der Waals surface area (Å²) in [6.45, 7) is 1.62. The Morgan fingerprint density at radius 1 is 1.47 bits per heavy atom. The van der Waals surface area contributed by atoms with E-state index >= 15 is 0 Å². The molecule has 0 amide bonds. The molecule has 0 heterocycles. The van der Waals surface area contributed by atoms with E-state index in [9.17, 15) is 10.2 Å². The molecule has 1 rings (SSSR count). The Balaban J connectivity index is 3.26. The fourth-order valence-corrected chi connectivity index (χ4v) is 1.61. The van der Waals surface area contributed by atoms with E-state index < -0.39 is 12.1 Å². The maximum absolute atomic E-state index is 9.75. The Kier molecular flexibility index (Phi) is 3.79. The average molecular weight is 232 g/mol. The van der Waals surface area contributed by atoms with Gasteiger partial charge in [-0.2, -0.15) is 0 Å². The van der Waals surface area contributed by atoms with E-state index in [-0.39, 0.29) is 16.3 Å². The number of rotatable bonds is 3. The van der Waals surface area contributed by atoms with E-state index in [4.69, 9.17) is 22.1 Å². The molecule has 0 saturated carbocycles. The molecule has 5 heteroatoms. The van der Waals surface area contributed by atoms with Crippen LogP contribution in [0.25, 0.3) is 0 Å². The lowest BCUT2D eigenvalue weighted by Crippen LogP contribution is -2.24. The molecule has 0 aliphatic heterocycles. The maximum atomic E-state index is 9.75. The molecule has 0 aromatic heterocycles. The number of phenols is 1. The molecule has 0 fully saturated rings. The van der Waals surface area contributed by atoms with Crippen LogP contribution in [0.4, 0.5) is 0 Å². The van der Waals surface area contributed by atoms with Gasteiger partial charge in [-0.25, -0.2) is 0 Å². The van der Waals surface area contributed by atoms with Gasteiger partial charge in [-0.15, -0.1) is 0 Å². The molecule has 2 atom stereocenters. The van der Waals surface area contributed by atoms with Gasteiger partial charge in [0.15, 0.2) is 0 Å². The summed E-state index contributed by atoms with van der Waals surface area (Å²) < 4.78 is 4.98. The zero-order valence-electron chi connectivity index (χ0n) is 8.57. The largest absolute Gasteiger partial charge is 0.508 e. The Hall–Kier alpha value is -0.970. The standard InChI is InChI=1S/C10H14ClNO3/c1-5(12)10(14)8-6(13)3-4-7(15-2)9(8)11/h3-5,10,13-14H,12H2,1-2H3. The Morgan fingerprint density at radius 3 is 2.53 bits per heavy atom. The molecule has 0 spiro atoms. The number of aliphatic hydroxyl groups is 1. The van der Waals surface area contributed by atoms with Crippen LogP contribution in [-0.2, 0) is 0 Å². The Bertz CT molecular complexity index is 355. The van der Waals surface area contributed by atoms with Crippen LogP contribution in [0.1, 0.15) is 18.6 Å². The first kappa shape index (κ1) is 12.1. The van der Waals surface area contributed by atoms with E-state index in [0.717, 1.165) is 0 Å². The molecule has 0 aliphatic carbocycles. The summed E-state index contributed by atoms with van der Waals surface area (Å²) in [5.41, 5.74) is 5.74. The second-order valence-corrected chi connectivity index (χ2v) is 3.70. The molecular weight excluding hydrogens is 218 g/mol. The quantitative estimate of drug-likeness (QED) is 0.736. The van der Waals surface area contributed by atoms with Gasteiger partial charge in [0.2, 0.25) is 0 Å². The average Bonchev–Trinajstić information content (AvgIpc) is 2.17. The first-order valence-corrected chi connectivity index (χ1v) is 4.85. The lowest BCUT2D eigenvalue weighted by Gasteiger charge is -2.18. The van der Waals surface area contributed by atoms with Gasteiger partial charge in [-0.3, -0.25) is 0 Å². The summed E-state index contributed by atoms with van der Waals surface area (Å²) in [4.78, 5) is 0. The zero-order valence-corrected chi connectivity index (χ0v) is 9.32. The van der Waals surface area contributed by atoms with Gasteiger partial charge in [-0.05, 0) is 19.1 Å². The van der Waals surface area contributed by atoms with Crippen molar-refractivity contribution >= 4 is 11.6 Å². The van der Waals surface area contributed by atoms with Crippen molar-refractivity contribution in [1.29, 1.82) is 0 Å². The number of ether oxygens (including phenoxy) is 1. The van der Waals surface area contributed by atoms with Gasteiger partial charge in [0.25, 0.3) is 0 Å². The van der Waals surface area contributed by atoms with E-state index in [1.165, 1.54) is 19.2 Å². The van der Waals surface area contributed by atoms with Crippen LogP contribution < -0.4 is 10.5 Å². The summed E-state index contributed by atoms with van der Waals surface area (Å²) in [5, 5.41) is 19.5. The van der Waals surface area contributed by atoms with Crippen molar-refractivity contribution < 1.29 is 14.9 Å². The molecule has 0 aliphatic rings.